The van der Waals surface area contributed by atoms with Crippen LogP contribution in [0.2, 0.25) is 0 Å². The summed E-state index contributed by atoms with van der Waals surface area (Å²) < 4.78 is 39.8. The van der Waals surface area contributed by atoms with Gasteiger partial charge in [-0.05, 0) is 59.7 Å². The third-order valence-electron chi connectivity index (χ3n) is 7.40. The molecule has 0 amide bonds. The minimum Gasteiger partial charge on any atom is -0.498 e. The van der Waals surface area contributed by atoms with E-state index in [1.165, 1.54) is 30.9 Å². The zero-order valence-electron chi connectivity index (χ0n) is 20.3. The molecule has 3 aliphatic rings. The van der Waals surface area contributed by atoms with E-state index >= 15 is 0 Å². The summed E-state index contributed by atoms with van der Waals surface area (Å²) in [5, 5.41) is 0. The highest BCUT2D eigenvalue weighted by Gasteiger charge is 2.49. The fraction of sp³-hybridized carbons (Fsp3) is 0.407. The Morgan fingerprint density at radius 1 is 1.14 bits per heavy atom. The Bertz CT molecular complexity index is 1200. The van der Waals surface area contributed by atoms with Gasteiger partial charge in [0.25, 0.3) is 0 Å². The molecule has 0 radical (unpaired) electrons. The molecule has 5 rings (SSSR count). The number of hydrogen-bond acceptors (Lipinski definition) is 6. The molecule has 2 aromatic carbocycles. The highest BCUT2D eigenvalue weighted by atomic mass is 31.1. The zero-order chi connectivity index (χ0) is 24.9. The highest BCUT2D eigenvalue weighted by Crippen LogP contribution is 2.58. The van der Waals surface area contributed by atoms with Crippen LogP contribution in [0.25, 0.3) is 0 Å². The lowest BCUT2D eigenvalue weighted by molar-refractivity contribution is 0.227. The molecule has 1 fully saturated rings. The minimum atomic E-state index is -3.25. The summed E-state index contributed by atoms with van der Waals surface area (Å²) in [7, 11) is -0.245. The number of rotatable bonds is 7. The van der Waals surface area contributed by atoms with Crippen molar-refractivity contribution in [3.63, 3.8) is 0 Å². The molecule has 1 aliphatic carbocycles. The Morgan fingerprint density at radius 3 is 2.49 bits per heavy atom. The second-order valence-corrected chi connectivity index (χ2v) is 10.3. The second kappa shape index (κ2) is 9.29. The van der Waals surface area contributed by atoms with E-state index in [2.05, 4.69) is 32.2 Å². The molecule has 2 heterocycles. The van der Waals surface area contributed by atoms with Crippen molar-refractivity contribution in [1.82, 2.24) is 0 Å². The Balaban J connectivity index is 1.73. The fourth-order valence-corrected chi connectivity index (χ4v) is 6.38. The minimum absolute atomic E-state index is 0.0466. The maximum Gasteiger partial charge on any atom is 0.365 e. The second-order valence-electron chi connectivity index (χ2n) is 9.52. The van der Waals surface area contributed by atoms with E-state index in [1.54, 1.807) is 0 Å². The Hall–Kier alpha value is -2.89. The van der Waals surface area contributed by atoms with E-state index in [-0.39, 0.29) is 29.4 Å². The van der Waals surface area contributed by atoms with Crippen LogP contribution in [0.5, 0.6) is 23.0 Å². The number of allylic oxidation sites excluding steroid dienone is 2. The molecule has 2 aliphatic heterocycles. The summed E-state index contributed by atoms with van der Waals surface area (Å²) in [4.78, 5) is 9.41. The summed E-state index contributed by atoms with van der Waals surface area (Å²) >= 11 is 0. The van der Waals surface area contributed by atoms with Gasteiger partial charge in [0.2, 0.25) is 5.75 Å². The van der Waals surface area contributed by atoms with Crippen LogP contribution in [0.4, 0.5) is 0 Å². The molecule has 35 heavy (non-hydrogen) atoms. The lowest BCUT2D eigenvalue weighted by atomic mass is 9.61. The average Bonchev–Trinajstić information content (AvgIpc) is 3.44. The fourth-order valence-electron chi connectivity index (χ4n) is 6.01. The number of fused-ring (bicyclic) bond motifs is 3. The molecule has 5 atom stereocenters. The van der Waals surface area contributed by atoms with Gasteiger partial charge < -0.3 is 28.4 Å². The van der Waals surface area contributed by atoms with Gasteiger partial charge in [0, 0.05) is 24.2 Å². The van der Waals surface area contributed by atoms with Gasteiger partial charge in [-0.2, -0.15) is 0 Å². The quantitative estimate of drug-likeness (QED) is 0.406. The van der Waals surface area contributed by atoms with Crippen LogP contribution in [-0.2, 0) is 15.7 Å². The van der Waals surface area contributed by atoms with Crippen LogP contribution >= 0.6 is 8.25 Å². The third kappa shape index (κ3) is 4.11. The first-order valence-corrected chi connectivity index (χ1v) is 13.0. The predicted molar refractivity (Wildman–Crippen MR) is 133 cm³/mol. The molecule has 0 bridgehead atoms. The smallest absolute Gasteiger partial charge is 0.365 e. The number of methoxy groups -OCH3 is 2. The number of hydrogen-bond donors (Lipinski definition) is 1. The molecule has 2 aromatic rings. The molecular formula is C27H31O7P. The monoisotopic (exact) mass is 498 g/mol. The Morgan fingerprint density at radius 2 is 1.86 bits per heavy atom. The summed E-state index contributed by atoms with van der Waals surface area (Å²) in [6.07, 6.45) is 1.73. The molecule has 7 nitrogen and oxygen atoms in total. The molecule has 0 spiro atoms. The Labute approximate surface area is 206 Å². The zero-order valence-corrected chi connectivity index (χ0v) is 21.3. The molecule has 1 N–H and O–H groups in total. The van der Waals surface area contributed by atoms with Crippen molar-refractivity contribution in [2.45, 2.75) is 31.6 Å². The first-order chi connectivity index (χ1) is 16.8. The summed E-state index contributed by atoms with van der Waals surface area (Å²) in [5.41, 5.74) is 5.72. The lowest BCUT2D eigenvalue weighted by Gasteiger charge is -2.41. The van der Waals surface area contributed by atoms with Gasteiger partial charge >= 0.3 is 8.25 Å². The van der Waals surface area contributed by atoms with Crippen LogP contribution < -0.4 is 18.7 Å². The van der Waals surface area contributed by atoms with E-state index < -0.39 is 8.25 Å². The normalized spacial score (nSPS) is 25.0. The van der Waals surface area contributed by atoms with Gasteiger partial charge in [0.15, 0.2) is 11.5 Å². The summed E-state index contributed by atoms with van der Waals surface area (Å²) in [6.45, 7) is 11.8. The van der Waals surface area contributed by atoms with Crippen molar-refractivity contribution in [2.75, 3.05) is 27.4 Å². The maximum absolute atomic E-state index is 11.5. The van der Waals surface area contributed by atoms with E-state index in [0.717, 1.165) is 35.5 Å². The average molecular weight is 499 g/mol. The third-order valence-corrected chi connectivity index (χ3v) is 7.78. The summed E-state index contributed by atoms with van der Waals surface area (Å²) in [5.74, 6) is 2.95. The molecule has 1 saturated heterocycles. The predicted octanol–water partition coefficient (Wildman–Crippen LogP) is 5.37. The van der Waals surface area contributed by atoms with Crippen molar-refractivity contribution in [1.29, 1.82) is 0 Å². The van der Waals surface area contributed by atoms with Crippen molar-refractivity contribution in [3.8, 4) is 23.0 Å². The topological polar surface area (TPSA) is 83.5 Å². The van der Waals surface area contributed by atoms with Crippen LogP contribution in [0.15, 0.2) is 48.8 Å². The lowest BCUT2D eigenvalue weighted by Crippen LogP contribution is -2.32. The van der Waals surface area contributed by atoms with E-state index in [1.807, 2.05) is 12.1 Å². The molecule has 8 heteroatoms. The van der Waals surface area contributed by atoms with Gasteiger partial charge in [0.1, 0.15) is 5.75 Å². The molecule has 0 aromatic heterocycles. The first kappa shape index (κ1) is 23.8. The van der Waals surface area contributed by atoms with Gasteiger partial charge in [-0.1, -0.05) is 18.2 Å². The standard InChI is InChI=1S/C27H31O7P/c1-14(2)8-18-19-12-22-16(6-7-32-22)9-20(19)26(25-15(3)33-13-21(18)25)17-10-23(30-4)27(34-35(28)29)24(11-17)31-5/h9-12,18,21,25-26,35H,1,3,6-8,13H2,2,4-5H3,(H,28,29)/t18-,21?,25?,26+/m0/s1. The van der Waals surface area contributed by atoms with Gasteiger partial charge in [-0.15, -0.1) is 6.58 Å². The SMILES string of the molecule is C=C(C)C[C@H]1c2cc3c(cc2[C@@H](c2cc(OC)c(O[PH](=O)O)c(OC)c2)C2C(=C)OCC21)CCO3. The highest BCUT2D eigenvalue weighted by molar-refractivity contribution is 7.32. The van der Waals surface area contributed by atoms with Gasteiger partial charge in [-0.25, -0.2) is 4.57 Å². The maximum atomic E-state index is 11.5. The van der Waals surface area contributed by atoms with Crippen molar-refractivity contribution in [2.24, 2.45) is 11.8 Å². The first-order valence-electron chi connectivity index (χ1n) is 11.7. The summed E-state index contributed by atoms with van der Waals surface area (Å²) in [6, 6.07) is 8.20. The molecular weight excluding hydrogens is 467 g/mol. The van der Waals surface area contributed by atoms with Crippen LogP contribution in [0.1, 0.15) is 47.4 Å². The van der Waals surface area contributed by atoms with Crippen LogP contribution in [0, 0.1) is 11.8 Å². The van der Waals surface area contributed by atoms with Crippen molar-refractivity contribution >= 4 is 8.25 Å². The van der Waals surface area contributed by atoms with E-state index in [4.69, 9.17) is 23.5 Å². The number of benzene rings is 2. The number of ether oxygens (including phenoxy) is 4. The van der Waals surface area contributed by atoms with E-state index in [9.17, 15) is 9.46 Å². The molecule has 186 valence electrons. The van der Waals surface area contributed by atoms with E-state index in [0.29, 0.717) is 24.7 Å². The van der Waals surface area contributed by atoms with Crippen molar-refractivity contribution in [3.05, 3.63) is 71.0 Å². The largest absolute Gasteiger partial charge is 0.498 e. The van der Waals surface area contributed by atoms with Crippen molar-refractivity contribution < 1.29 is 32.9 Å². The van der Waals surface area contributed by atoms with Gasteiger partial charge in [-0.3, -0.25) is 0 Å². The molecule has 0 saturated carbocycles. The Kier molecular flexibility index (Phi) is 6.32. The van der Waals surface area contributed by atoms with Crippen LogP contribution in [-0.4, -0.2) is 32.3 Å². The van der Waals surface area contributed by atoms with Crippen LogP contribution in [0.3, 0.4) is 0 Å². The van der Waals surface area contributed by atoms with Gasteiger partial charge in [0.05, 0.1) is 33.2 Å². The molecule has 3 unspecified atom stereocenters.